The van der Waals surface area contributed by atoms with Gasteiger partial charge < -0.3 is 10.2 Å². The smallest absolute Gasteiger partial charge is 0.306 e. The highest BCUT2D eigenvalue weighted by atomic mass is 16.4. The van der Waals surface area contributed by atoms with Crippen LogP contribution >= 0.6 is 0 Å². The number of allylic oxidation sites excluding steroid dienone is 2. The molecule has 0 aliphatic carbocycles. The molecule has 1 unspecified atom stereocenters. The number of carbonyl (C=O) groups is 1. The minimum absolute atomic E-state index is 0.264. The van der Waals surface area contributed by atoms with E-state index < -0.39 is 5.97 Å². The molecule has 0 fully saturated rings. The lowest BCUT2D eigenvalue weighted by Crippen LogP contribution is -2.07. The van der Waals surface area contributed by atoms with E-state index in [1.54, 1.807) is 6.92 Å². The molecule has 130 valence electrons. The average molecular weight is 312 g/mol. The Balaban J connectivity index is 3.14. The predicted molar refractivity (Wildman–Crippen MR) is 93.0 cm³/mol. The molecule has 2 N–H and O–H groups in total. The molecule has 3 nitrogen and oxygen atoms in total. The lowest BCUT2D eigenvalue weighted by Gasteiger charge is -2.02. The first-order valence-electron chi connectivity index (χ1n) is 9.17. The second kappa shape index (κ2) is 16.5. The molecule has 0 saturated carbocycles. The van der Waals surface area contributed by atoms with Crippen LogP contribution in [0, 0.1) is 5.92 Å². The van der Waals surface area contributed by atoms with Crippen LogP contribution in [0.25, 0.3) is 0 Å². The summed E-state index contributed by atoms with van der Waals surface area (Å²) in [4.78, 5) is 10.6. The molecule has 3 heteroatoms. The van der Waals surface area contributed by atoms with E-state index in [1.807, 2.05) is 6.08 Å². The summed E-state index contributed by atoms with van der Waals surface area (Å²) in [6, 6.07) is 0. The maximum atomic E-state index is 10.6. The molecule has 0 aliphatic rings. The zero-order chi connectivity index (χ0) is 16.5. The van der Waals surface area contributed by atoms with Crippen LogP contribution in [0.2, 0.25) is 0 Å². The standard InChI is InChI=1S/C19H36O3/c1-18(19(21)22)16-14-12-10-8-6-4-2-3-5-7-9-11-13-15-17-20/h12,14,18,20H,2-11,13,15-17H2,1H3,(H,21,22). The second-order valence-corrected chi connectivity index (χ2v) is 6.35. The number of carboxylic acid groups (broad SMARTS) is 1. The van der Waals surface area contributed by atoms with Gasteiger partial charge in [0.1, 0.15) is 0 Å². The minimum atomic E-state index is -0.710. The Morgan fingerprint density at radius 1 is 0.818 bits per heavy atom. The summed E-state index contributed by atoms with van der Waals surface area (Å²) in [6.07, 6.45) is 19.8. The van der Waals surface area contributed by atoms with Crippen LogP contribution in [-0.4, -0.2) is 22.8 Å². The first kappa shape index (κ1) is 21.2. The van der Waals surface area contributed by atoms with Crippen LogP contribution in [0.3, 0.4) is 0 Å². The summed E-state index contributed by atoms with van der Waals surface area (Å²) in [5.41, 5.74) is 0. The quantitative estimate of drug-likeness (QED) is 0.299. The van der Waals surface area contributed by atoms with E-state index in [0.29, 0.717) is 13.0 Å². The number of aliphatic hydroxyl groups excluding tert-OH is 1. The van der Waals surface area contributed by atoms with E-state index in [1.165, 1.54) is 64.2 Å². The monoisotopic (exact) mass is 312 g/mol. The third kappa shape index (κ3) is 15.6. The normalized spacial score (nSPS) is 12.8. The highest BCUT2D eigenvalue weighted by Gasteiger charge is 2.07. The number of aliphatic hydroxyl groups is 1. The molecule has 0 amide bonds. The summed E-state index contributed by atoms with van der Waals surface area (Å²) in [5, 5.41) is 17.4. The van der Waals surface area contributed by atoms with E-state index in [-0.39, 0.29) is 5.92 Å². The largest absolute Gasteiger partial charge is 0.481 e. The number of aliphatic carboxylic acids is 1. The number of hydrogen-bond acceptors (Lipinski definition) is 2. The van der Waals surface area contributed by atoms with Crippen molar-refractivity contribution < 1.29 is 15.0 Å². The maximum Gasteiger partial charge on any atom is 0.306 e. The first-order chi connectivity index (χ1) is 10.7. The van der Waals surface area contributed by atoms with Gasteiger partial charge in [-0.15, -0.1) is 0 Å². The molecule has 0 aliphatic heterocycles. The molecule has 1 atom stereocenters. The topological polar surface area (TPSA) is 57.5 Å². The van der Waals surface area contributed by atoms with Gasteiger partial charge in [0.15, 0.2) is 0 Å². The first-order valence-corrected chi connectivity index (χ1v) is 9.17. The Morgan fingerprint density at radius 2 is 1.27 bits per heavy atom. The molecular formula is C19H36O3. The van der Waals surface area contributed by atoms with Gasteiger partial charge in [0.25, 0.3) is 0 Å². The van der Waals surface area contributed by atoms with E-state index in [0.717, 1.165) is 12.8 Å². The fourth-order valence-corrected chi connectivity index (χ4v) is 2.48. The van der Waals surface area contributed by atoms with Crippen LogP contribution < -0.4 is 0 Å². The van der Waals surface area contributed by atoms with Crippen molar-refractivity contribution in [2.75, 3.05) is 6.61 Å². The zero-order valence-electron chi connectivity index (χ0n) is 14.4. The van der Waals surface area contributed by atoms with E-state index in [4.69, 9.17) is 10.2 Å². The van der Waals surface area contributed by atoms with Gasteiger partial charge in [0.2, 0.25) is 0 Å². The van der Waals surface area contributed by atoms with E-state index >= 15 is 0 Å². The highest BCUT2D eigenvalue weighted by molar-refractivity contribution is 5.69. The van der Waals surface area contributed by atoms with Gasteiger partial charge in [-0.2, -0.15) is 0 Å². The SMILES string of the molecule is CC(CC=CCCCCCCCCCCCCCO)C(=O)O. The fourth-order valence-electron chi connectivity index (χ4n) is 2.48. The predicted octanol–water partition coefficient (Wildman–Crippen LogP) is 5.33. The van der Waals surface area contributed by atoms with Crippen molar-refractivity contribution >= 4 is 5.97 Å². The van der Waals surface area contributed by atoms with Gasteiger partial charge in [-0.3, -0.25) is 4.79 Å². The molecular weight excluding hydrogens is 276 g/mol. The summed E-state index contributed by atoms with van der Waals surface area (Å²) < 4.78 is 0. The zero-order valence-corrected chi connectivity index (χ0v) is 14.4. The maximum absolute atomic E-state index is 10.6. The lowest BCUT2D eigenvalue weighted by atomic mass is 10.0. The summed E-state index contributed by atoms with van der Waals surface area (Å²) in [5.74, 6) is -0.974. The third-order valence-electron chi connectivity index (χ3n) is 4.11. The lowest BCUT2D eigenvalue weighted by molar-refractivity contribution is -0.140. The number of rotatable bonds is 16. The molecule has 0 aromatic carbocycles. The van der Waals surface area contributed by atoms with Crippen molar-refractivity contribution in [1.29, 1.82) is 0 Å². The van der Waals surface area contributed by atoms with Crippen molar-refractivity contribution in [3.63, 3.8) is 0 Å². The molecule has 0 rings (SSSR count). The minimum Gasteiger partial charge on any atom is -0.481 e. The van der Waals surface area contributed by atoms with Crippen molar-refractivity contribution in [3.8, 4) is 0 Å². The Morgan fingerprint density at radius 3 is 1.73 bits per heavy atom. The Hall–Kier alpha value is -0.830. The molecule has 0 aromatic heterocycles. The van der Waals surface area contributed by atoms with Gasteiger partial charge in [-0.05, 0) is 25.7 Å². The van der Waals surface area contributed by atoms with Crippen LogP contribution in [0.4, 0.5) is 0 Å². The van der Waals surface area contributed by atoms with Gasteiger partial charge in [-0.1, -0.05) is 76.9 Å². The summed E-state index contributed by atoms with van der Waals surface area (Å²) in [7, 11) is 0. The van der Waals surface area contributed by atoms with Crippen LogP contribution in [0.1, 0.15) is 90.4 Å². The van der Waals surface area contributed by atoms with Gasteiger partial charge in [-0.25, -0.2) is 0 Å². The fraction of sp³-hybridized carbons (Fsp3) is 0.842. The van der Waals surface area contributed by atoms with E-state index in [9.17, 15) is 4.79 Å². The molecule has 0 heterocycles. The van der Waals surface area contributed by atoms with Crippen LogP contribution in [0.5, 0.6) is 0 Å². The van der Waals surface area contributed by atoms with Crippen LogP contribution in [0.15, 0.2) is 12.2 Å². The molecule has 0 bridgehead atoms. The van der Waals surface area contributed by atoms with Crippen molar-refractivity contribution in [3.05, 3.63) is 12.2 Å². The highest BCUT2D eigenvalue weighted by Crippen LogP contribution is 2.12. The molecule has 0 aromatic rings. The number of hydrogen-bond donors (Lipinski definition) is 2. The Labute approximate surface area is 136 Å². The molecule has 0 radical (unpaired) electrons. The average Bonchev–Trinajstić information content (AvgIpc) is 2.50. The summed E-state index contributed by atoms with van der Waals surface area (Å²) >= 11 is 0. The number of carboxylic acids is 1. The molecule has 0 saturated heterocycles. The van der Waals surface area contributed by atoms with E-state index in [2.05, 4.69) is 6.08 Å². The third-order valence-corrected chi connectivity index (χ3v) is 4.11. The van der Waals surface area contributed by atoms with Crippen LogP contribution in [-0.2, 0) is 4.79 Å². The second-order valence-electron chi connectivity index (χ2n) is 6.35. The van der Waals surface area contributed by atoms with Crippen molar-refractivity contribution in [2.24, 2.45) is 5.92 Å². The van der Waals surface area contributed by atoms with Gasteiger partial charge in [0.05, 0.1) is 5.92 Å². The van der Waals surface area contributed by atoms with Gasteiger partial charge in [0, 0.05) is 6.61 Å². The Kier molecular flexibility index (Phi) is 15.9. The number of unbranched alkanes of at least 4 members (excludes halogenated alkanes) is 11. The van der Waals surface area contributed by atoms with Gasteiger partial charge >= 0.3 is 5.97 Å². The Bertz CT molecular complexity index is 274. The molecule has 22 heavy (non-hydrogen) atoms. The van der Waals surface area contributed by atoms with Crippen molar-refractivity contribution in [2.45, 2.75) is 90.4 Å². The summed E-state index contributed by atoms with van der Waals surface area (Å²) in [6.45, 7) is 2.09. The molecule has 0 spiro atoms. The van der Waals surface area contributed by atoms with Crippen molar-refractivity contribution in [1.82, 2.24) is 0 Å².